The summed E-state index contributed by atoms with van der Waals surface area (Å²) in [5.41, 5.74) is 0.719. The minimum absolute atomic E-state index is 0.247. The molecule has 0 spiro atoms. The van der Waals surface area contributed by atoms with Crippen LogP contribution in [-0.2, 0) is 14.6 Å². The molecule has 0 N–H and O–H groups in total. The third-order valence-electron chi connectivity index (χ3n) is 1.72. The topological polar surface area (TPSA) is 51.2 Å². The summed E-state index contributed by atoms with van der Waals surface area (Å²) in [5.74, 6) is 0. The van der Waals surface area contributed by atoms with Crippen molar-refractivity contribution in [3.05, 3.63) is 35.9 Å². The summed E-state index contributed by atoms with van der Waals surface area (Å²) in [5, 5.41) is -0.567. The van der Waals surface area contributed by atoms with Crippen molar-refractivity contribution in [1.82, 2.24) is 0 Å². The minimum Gasteiger partial charge on any atom is -0.276 e. The van der Waals surface area contributed by atoms with E-state index in [0.29, 0.717) is 0 Å². The lowest BCUT2D eigenvalue weighted by Crippen LogP contribution is -1.96. The second-order valence-electron chi connectivity index (χ2n) is 2.98. The second-order valence-corrected chi connectivity index (χ2v) is 5.37. The van der Waals surface area contributed by atoms with Crippen molar-refractivity contribution in [2.75, 3.05) is 6.26 Å². The smallest absolute Gasteiger partial charge is 0.245 e. The Morgan fingerprint density at radius 2 is 1.80 bits per heavy atom. The van der Waals surface area contributed by atoms with Crippen LogP contribution in [0.15, 0.2) is 35.2 Å². The minimum atomic E-state index is -3.17. The van der Waals surface area contributed by atoms with Crippen molar-refractivity contribution in [2.45, 2.75) is 4.90 Å². The van der Waals surface area contributed by atoms with Gasteiger partial charge in [-0.15, -0.1) is 0 Å². The molecule has 1 aromatic rings. The molecule has 0 atom stereocenters. The molecule has 0 fully saturated rings. The van der Waals surface area contributed by atoms with Gasteiger partial charge in [0.2, 0.25) is 5.24 Å². The van der Waals surface area contributed by atoms with E-state index in [2.05, 4.69) is 0 Å². The fourth-order valence-electron chi connectivity index (χ4n) is 0.988. The average Bonchev–Trinajstić information content (AvgIpc) is 2.14. The first-order chi connectivity index (χ1) is 6.89. The van der Waals surface area contributed by atoms with Crippen LogP contribution >= 0.6 is 11.6 Å². The highest BCUT2D eigenvalue weighted by atomic mass is 35.5. The van der Waals surface area contributed by atoms with E-state index in [-0.39, 0.29) is 4.90 Å². The van der Waals surface area contributed by atoms with E-state index in [0.717, 1.165) is 11.8 Å². The van der Waals surface area contributed by atoms with Crippen LogP contribution in [0.4, 0.5) is 0 Å². The maximum absolute atomic E-state index is 11.1. The predicted molar refractivity (Wildman–Crippen MR) is 59.4 cm³/mol. The molecule has 1 rings (SSSR count). The molecule has 0 saturated carbocycles. The summed E-state index contributed by atoms with van der Waals surface area (Å²) in [7, 11) is -3.17. The zero-order valence-electron chi connectivity index (χ0n) is 7.98. The van der Waals surface area contributed by atoms with Crippen LogP contribution in [0.5, 0.6) is 0 Å². The highest BCUT2D eigenvalue weighted by Gasteiger charge is 2.04. The van der Waals surface area contributed by atoms with Crippen LogP contribution in [0, 0.1) is 0 Å². The fourth-order valence-corrected chi connectivity index (χ4v) is 1.68. The Morgan fingerprint density at radius 3 is 2.20 bits per heavy atom. The van der Waals surface area contributed by atoms with Gasteiger partial charge in [-0.25, -0.2) is 8.42 Å². The molecule has 0 aromatic heterocycles. The maximum atomic E-state index is 11.1. The molecule has 0 bridgehead atoms. The van der Waals surface area contributed by atoms with Crippen molar-refractivity contribution < 1.29 is 13.2 Å². The number of sulfone groups is 1. The largest absolute Gasteiger partial charge is 0.276 e. The molecule has 0 aliphatic heterocycles. The van der Waals surface area contributed by atoms with Crippen molar-refractivity contribution in [2.24, 2.45) is 0 Å². The molecular weight excluding hydrogens is 236 g/mol. The molecule has 5 heteroatoms. The lowest BCUT2D eigenvalue weighted by molar-refractivity contribution is -0.107. The molecule has 0 heterocycles. The van der Waals surface area contributed by atoms with Gasteiger partial charge < -0.3 is 0 Å². The Morgan fingerprint density at radius 1 is 1.27 bits per heavy atom. The molecule has 0 saturated heterocycles. The van der Waals surface area contributed by atoms with Crippen molar-refractivity contribution in [3.63, 3.8) is 0 Å². The first kappa shape index (κ1) is 11.9. The maximum Gasteiger partial charge on any atom is 0.245 e. The number of allylic oxidation sites excluding steroid dienone is 1. The van der Waals surface area contributed by atoms with Crippen molar-refractivity contribution in [3.8, 4) is 0 Å². The molecule has 80 valence electrons. The van der Waals surface area contributed by atoms with E-state index in [4.69, 9.17) is 11.6 Å². The SMILES string of the molecule is CS(=O)(=O)c1ccc(C=CC(=O)Cl)cc1. The fraction of sp³-hybridized carbons (Fsp3) is 0.100. The van der Waals surface area contributed by atoms with Crippen LogP contribution in [0.1, 0.15) is 5.56 Å². The molecule has 0 radical (unpaired) electrons. The van der Waals surface area contributed by atoms with Gasteiger partial charge in [0.1, 0.15) is 0 Å². The Balaban J connectivity index is 2.96. The number of halogens is 1. The van der Waals surface area contributed by atoms with Crippen LogP contribution < -0.4 is 0 Å². The van der Waals surface area contributed by atoms with E-state index < -0.39 is 15.1 Å². The molecule has 15 heavy (non-hydrogen) atoms. The highest BCUT2D eigenvalue weighted by Crippen LogP contribution is 2.11. The van der Waals surface area contributed by atoms with E-state index in [1.54, 1.807) is 12.1 Å². The number of hydrogen-bond donors (Lipinski definition) is 0. The molecule has 1 aromatic carbocycles. The lowest BCUT2D eigenvalue weighted by Gasteiger charge is -1.97. The predicted octanol–water partition coefficient (Wildman–Crippen LogP) is 1.87. The monoisotopic (exact) mass is 244 g/mol. The van der Waals surface area contributed by atoms with Gasteiger partial charge >= 0.3 is 0 Å². The summed E-state index contributed by atoms with van der Waals surface area (Å²) >= 11 is 5.11. The van der Waals surface area contributed by atoms with E-state index in [1.165, 1.54) is 24.3 Å². The molecule has 0 unspecified atom stereocenters. The number of hydrogen-bond acceptors (Lipinski definition) is 3. The number of rotatable bonds is 3. The van der Waals surface area contributed by atoms with E-state index in [9.17, 15) is 13.2 Å². The molecule has 0 aliphatic rings. The Kier molecular flexibility index (Phi) is 3.66. The third-order valence-corrected chi connectivity index (χ3v) is 2.97. The zero-order chi connectivity index (χ0) is 11.5. The van der Waals surface area contributed by atoms with Gasteiger partial charge in [0.05, 0.1) is 4.90 Å². The third kappa shape index (κ3) is 3.85. The van der Waals surface area contributed by atoms with Gasteiger partial charge in [-0.2, -0.15) is 0 Å². The van der Waals surface area contributed by atoms with Crippen LogP contribution in [-0.4, -0.2) is 19.9 Å². The first-order valence-electron chi connectivity index (χ1n) is 4.07. The van der Waals surface area contributed by atoms with Gasteiger partial charge in [-0.05, 0) is 35.4 Å². The standard InChI is InChI=1S/C10H9ClO3S/c1-15(13,14)9-5-2-8(3-6-9)4-7-10(11)12/h2-7H,1H3. The summed E-state index contributed by atoms with van der Waals surface area (Å²) in [6.45, 7) is 0. The van der Waals surface area contributed by atoms with Crippen molar-refractivity contribution in [1.29, 1.82) is 0 Å². The van der Waals surface area contributed by atoms with E-state index >= 15 is 0 Å². The second kappa shape index (κ2) is 4.59. The molecule has 3 nitrogen and oxygen atoms in total. The van der Waals surface area contributed by atoms with Crippen LogP contribution in [0.2, 0.25) is 0 Å². The average molecular weight is 245 g/mol. The zero-order valence-corrected chi connectivity index (χ0v) is 9.55. The summed E-state index contributed by atoms with van der Waals surface area (Å²) < 4.78 is 22.2. The van der Waals surface area contributed by atoms with Crippen LogP contribution in [0.3, 0.4) is 0 Å². The van der Waals surface area contributed by atoms with Gasteiger partial charge in [0.25, 0.3) is 0 Å². The molecular formula is C10H9ClO3S. The quantitative estimate of drug-likeness (QED) is 0.603. The van der Waals surface area contributed by atoms with Gasteiger partial charge in [-0.3, -0.25) is 4.79 Å². The number of carbonyl (C=O) groups is 1. The summed E-state index contributed by atoms with van der Waals surface area (Å²) in [4.78, 5) is 10.7. The molecule has 0 amide bonds. The summed E-state index contributed by atoms with van der Waals surface area (Å²) in [6, 6.07) is 6.17. The van der Waals surface area contributed by atoms with E-state index in [1.807, 2.05) is 0 Å². The number of benzene rings is 1. The lowest BCUT2D eigenvalue weighted by atomic mass is 10.2. The first-order valence-corrected chi connectivity index (χ1v) is 6.34. The van der Waals surface area contributed by atoms with Crippen molar-refractivity contribution >= 4 is 32.8 Å². The number of carbonyl (C=O) groups excluding carboxylic acids is 1. The Labute approximate surface area is 93.3 Å². The van der Waals surface area contributed by atoms with Crippen LogP contribution in [0.25, 0.3) is 6.08 Å². The van der Waals surface area contributed by atoms with Gasteiger partial charge in [0.15, 0.2) is 9.84 Å². The normalized spacial score (nSPS) is 11.9. The Bertz CT molecular complexity index is 486. The molecule has 0 aliphatic carbocycles. The summed E-state index contributed by atoms with van der Waals surface area (Å²) in [6.07, 6.45) is 3.86. The highest BCUT2D eigenvalue weighted by molar-refractivity contribution is 7.90. The Hall–Kier alpha value is -1.13. The van der Waals surface area contributed by atoms with Gasteiger partial charge in [0, 0.05) is 6.26 Å². The van der Waals surface area contributed by atoms with Gasteiger partial charge in [-0.1, -0.05) is 18.2 Å².